The van der Waals surface area contributed by atoms with Crippen molar-refractivity contribution in [1.29, 1.82) is 0 Å². The third-order valence-electron chi connectivity index (χ3n) is 1.93. The third-order valence-corrected chi connectivity index (χ3v) is 2.13. The van der Waals surface area contributed by atoms with Crippen LogP contribution in [0, 0.1) is 0 Å². The van der Waals surface area contributed by atoms with Crippen molar-refractivity contribution in [2.45, 2.75) is 6.92 Å². The fourth-order valence-corrected chi connectivity index (χ4v) is 1.27. The Morgan fingerprint density at radius 3 is 3.00 bits per heavy atom. The van der Waals surface area contributed by atoms with Crippen LogP contribution in [0.1, 0.15) is 6.92 Å². The Morgan fingerprint density at radius 1 is 1.57 bits per heavy atom. The van der Waals surface area contributed by atoms with Gasteiger partial charge in [0.1, 0.15) is 5.15 Å². The molecule has 0 aliphatic carbocycles. The van der Waals surface area contributed by atoms with Crippen LogP contribution in [0.15, 0.2) is 18.3 Å². The van der Waals surface area contributed by atoms with Gasteiger partial charge in [0, 0.05) is 32.1 Å². The highest BCUT2D eigenvalue weighted by Gasteiger charge is 2.00. The predicted molar refractivity (Wildman–Crippen MR) is 59.0 cm³/mol. The van der Waals surface area contributed by atoms with Gasteiger partial charge in [0.05, 0.1) is 6.61 Å². The maximum atomic E-state index is 5.78. The average Bonchev–Trinajstić information content (AvgIpc) is 2.18. The summed E-state index contributed by atoms with van der Waals surface area (Å²) in [5, 5.41) is 0.519. The van der Waals surface area contributed by atoms with Gasteiger partial charge < -0.3 is 9.64 Å². The Labute approximate surface area is 89.7 Å². The van der Waals surface area contributed by atoms with Crippen molar-refractivity contribution in [3.8, 4) is 0 Å². The highest BCUT2D eigenvalue weighted by molar-refractivity contribution is 6.29. The van der Waals surface area contributed by atoms with E-state index in [1.807, 2.05) is 26.1 Å². The molecule has 0 saturated heterocycles. The molecule has 0 N–H and O–H groups in total. The van der Waals surface area contributed by atoms with E-state index in [4.69, 9.17) is 16.3 Å². The average molecular weight is 215 g/mol. The lowest BCUT2D eigenvalue weighted by Gasteiger charge is -2.18. The van der Waals surface area contributed by atoms with Gasteiger partial charge in [-0.1, -0.05) is 11.6 Å². The number of pyridine rings is 1. The second-order valence-corrected chi connectivity index (χ2v) is 3.34. The molecule has 0 atom stereocenters. The van der Waals surface area contributed by atoms with Crippen LogP contribution in [0.3, 0.4) is 0 Å². The molecule has 1 aromatic heterocycles. The Kier molecular flexibility index (Phi) is 4.70. The number of hydrogen-bond acceptors (Lipinski definition) is 3. The standard InChI is InChI=1S/C10H15ClN2O/c1-3-14-7-6-13(2)9-4-5-12-10(11)8-9/h4-5,8H,3,6-7H2,1-2H3. The van der Waals surface area contributed by atoms with Crippen molar-refractivity contribution in [2.75, 3.05) is 31.7 Å². The molecule has 0 radical (unpaired) electrons. The molecule has 0 amide bonds. The Bertz CT molecular complexity index is 281. The van der Waals surface area contributed by atoms with Crippen LogP contribution in [0.5, 0.6) is 0 Å². The zero-order valence-corrected chi connectivity index (χ0v) is 9.29. The molecule has 4 heteroatoms. The van der Waals surface area contributed by atoms with Gasteiger partial charge in [-0.25, -0.2) is 4.98 Å². The van der Waals surface area contributed by atoms with Gasteiger partial charge in [0.25, 0.3) is 0 Å². The van der Waals surface area contributed by atoms with Crippen molar-refractivity contribution >= 4 is 17.3 Å². The summed E-state index contributed by atoms with van der Waals surface area (Å²) in [6.07, 6.45) is 1.70. The third kappa shape index (κ3) is 3.52. The minimum Gasteiger partial charge on any atom is -0.380 e. The van der Waals surface area contributed by atoms with Crippen molar-refractivity contribution in [3.05, 3.63) is 23.5 Å². The van der Waals surface area contributed by atoms with E-state index in [0.29, 0.717) is 5.15 Å². The molecule has 0 spiro atoms. The molecule has 3 nitrogen and oxygen atoms in total. The summed E-state index contributed by atoms with van der Waals surface area (Å²) < 4.78 is 5.27. The van der Waals surface area contributed by atoms with Crippen molar-refractivity contribution < 1.29 is 4.74 Å². The fourth-order valence-electron chi connectivity index (χ4n) is 1.10. The molecule has 78 valence electrons. The van der Waals surface area contributed by atoms with E-state index in [2.05, 4.69) is 9.88 Å². The van der Waals surface area contributed by atoms with Gasteiger partial charge in [-0.05, 0) is 19.1 Å². The molecule has 14 heavy (non-hydrogen) atoms. The van der Waals surface area contributed by atoms with Crippen molar-refractivity contribution in [3.63, 3.8) is 0 Å². The van der Waals surface area contributed by atoms with Gasteiger partial charge in [-0.3, -0.25) is 0 Å². The van der Waals surface area contributed by atoms with Crippen molar-refractivity contribution in [1.82, 2.24) is 4.98 Å². The molecule has 0 bridgehead atoms. The Balaban J connectivity index is 2.47. The van der Waals surface area contributed by atoms with Gasteiger partial charge in [0.2, 0.25) is 0 Å². The summed E-state index contributed by atoms with van der Waals surface area (Å²) in [6.45, 7) is 4.33. The Morgan fingerprint density at radius 2 is 2.36 bits per heavy atom. The van der Waals surface area contributed by atoms with E-state index in [9.17, 15) is 0 Å². The minimum absolute atomic E-state index is 0.519. The molecule has 0 fully saturated rings. The fraction of sp³-hybridized carbons (Fsp3) is 0.500. The number of likely N-dealkylation sites (N-methyl/N-ethyl adjacent to an activating group) is 1. The van der Waals surface area contributed by atoms with E-state index >= 15 is 0 Å². The van der Waals surface area contributed by atoms with Crippen LogP contribution >= 0.6 is 11.6 Å². The number of nitrogens with zero attached hydrogens (tertiary/aromatic N) is 2. The summed E-state index contributed by atoms with van der Waals surface area (Å²) in [7, 11) is 2.00. The lowest BCUT2D eigenvalue weighted by atomic mass is 10.3. The summed E-state index contributed by atoms with van der Waals surface area (Å²) in [4.78, 5) is 6.01. The van der Waals surface area contributed by atoms with E-state index < -0.39 is 0 Å². The lowest BCUT2D eigenvalue weighted by Crippen LogP contribution is -2.22. The predicted octanol–water partition coefficient (Wildman–Crippen LogP) is 2.21. The molecular weight excluding hydrogens is 200 g/mol. The first-order valence-electron chi connectivity index (χ1n) is 4.64. The first-order valence-corrected chi connectivity index (χ1v) is 5.02. The number of rotatable bonds is 5. The Hall–Kier alpha value is -0.800. The zero-order valence-electron chi connectivity index (χ0n) is 8.53. The number of halogens is 1. The number of ether oxygens (including phenoxy) is 1. The molecular formula is C10H15ClN2O. The van der Waals surface area contributed by atoms with E-state index in [1.54, 1.807) is 6.20 Å². The molecule has 0 aromatic carbocycles. The molecule has 0 saturated carbocycles. The first-order chi connectivity index (χ1) is 6.74. The van der Waals surface area contributed by atoms with Gasteiger partial charge in [-0.15, -0.1) is 0 Å². The van der Waals surface area contributed by atoms with Crippen LogP contribution in [-0.4, -0.2) is 31.8 Å². The highest BCUT2D eigenvalue weighted by atomic mass is 35.5. The molecule has 1 heterocycles. The van der Waals surface area contributed by atoms with E-state index in [1.165, 1.54) is 0 Å². The number of aromatic nitrogens is 1. The van der Waals surface area contributed by atoms with Crippen LogP contribution < -0.4 is 4.90 Å². The highest BCUT2D eigenvalue weighted by Crippen LogP contribution is 2.15. The van der Waals surface area contributed by atoms with Crippen LogP contribution in [0.25, 0.3) is 0 Å². The van der Waals surface area contributed by atoms with Crippen LogP contribution in [-0.2, 0) is 4.74 Å². The normalized spacial score (nSPS) is 10.2. The SMILES string of the molecule is CCOCCN(C)c1ccnc(Cl)c1. The molecule has 0 aliphatic heterocycles. The molecule has 1 rings (SSSR count). The smallest absolute Gasteiger partial charge is 0.131 e. The summed E-state index contributed by atoms with van der Waals surface area (Å²) >= 11 is 5.78. The first kappa shape index (κ1) is 11.3. The molecule has 1 aromatic rings. The minimum atomic E-state index is 0.519. The van der Waals surface area contributed by atoms with Gasteiger partial charge in [0.15, 0.2) is 0 Å². The second kappa shape index (κ2) is 5.83. The van der Waals surface area contributed by atoms with E-state index in [-0.39, 0.29) is 0 Å². The monoisotopic (exact) mass is 214 g/mol. The number of anilines is 1. The molecule has 0 aliphatic rings. The van der Waals surface area contributed by atoms with Gasteiger partial charge >= 0.3 is 0 Å². The quantitative estimate of drug-likeness (QED) is 0.555. The number of hydrogen-bond donors (Lipinski definition) is 0. The van der Waals surface area contributed by atoms with Gasteiger partial charge in [-0.2, -0.15) is 0 Å². The van der Waals surface area contributed by atoms with Crippen molar-refractivity contribution in [2.24, 2.45) is 0 Å². The van der Waals surface area contributed by atoms with Crippen LogP contribution in [0.2, 0.25) is 5.15 Å². The largest absolute Gasteiger partial charge is 0.380 e. The maximum Gasteiger partial charge on any atom is 0.131 e. The summed E-state index contributed by atoms with van der Waals surface area (Å²) in [6, 6.07) is 3.77. The van der Waals surface area contributed by atoms with E-state index in [0.717, 1.165) is 25.4 Å². The van der Waals surface area contributed by atoms with Crippen LogP contribution in [0.4, 0.5) is 5.69 Å². The topological polar surface area (TPSA) is 25.4 Å². The summed E-state index contributed by atoms with van der Waals surface area (Å²) in [5.41, 5.74) is 1.06. The summed E-state index contributed by atoms with van der Waals surface area (Å²) in [5.74, 6) is 0. The lowest BCUT2D eigenvalue weighted by molar-refractivity contribution is 0.154. The maximum absolute atomic E-state index is 5.78. The second-order valence-electron chi connectivity index (χ2n) is 2.96. The zero-order chi connectivity index (χ0) is 10.4. The molecule has 0 unspecified atom stereocenters.